The van der Waals surface area contributed by atoms with E-state index in [4.69, 9.17) is 14.6 Å². The lowest BCUT2D eigenvalue weighted by Crippen LogP contribution is -2.44. The molecule has 6 nitrogen and oxygen atoms in total. The van der Waals surface area contributed by atoms with Gasteiger partial charge in [0.2, 0.25) is 0 Å². The summed E-state index contributed by atoms with van der Waals surface area (Å²) in [6.07, 6.45) is -1.64. The Kier molecular flexibility index (Phi) is 8.29. The maximum absolute atomic E-state index is 12.5. The summed E-state index contributed by atoms with van der Waals surface area (Å²) >= 11 is 1.59. The summed E-state index contributed by atoms with van der Waals surface area (Å²) in [5.74, 6) is -2.55. The number of methoxy groups -OCH3 is 1. The van der Waals surface area contributed by atoms with Gasteiger partial charge < -0.3 is 14.7 Å². The first kappa shape index (κ1) is 24.6. The molecule has 0 bridgehead atoms. The Hall–Kier alpha value is -1.65. The van der Waals surface area contributed by atoms with Crippen LogP contribution in [0.2, 0.25) is 0 Å². The van der Waals surface area contributed by atoms with E-state index in [0.717, 1.165) is 44.6 Å². The first-order valence-corrected chi connectivity index (χ1v) is 10.8. The van der Waals surface area contributed by atoms with E-state index in [1.165, 1.54) is 6.42 Å². The predicted molar refractivity (Wildman–Crippen MR) is 108 cm³/mol. The highest BCUT2D eigenvalue weighted by Crippen LogP contribution is 2.44. The highest BCUT2D eigenvalue weighted by Gasteiger charge is 2.46. The van der Waals surface area contributed by atoms with Crippen LogP contribution in [0.5, 0.6) is 0 Å². The zero-order valence-electron chi connectivity index (χ0n) is 17.4. The van der Waals surface area contributed by atoms with Crippen LogP contribution in [0.4, 0.5) is 13.2 Å². The fraction of sp³-hybridized carbons (Fsp3) is 0.700. The minimum Gasteiger partial charge on any atom is -0.475 e. The average Bonchev–Trinajstić information content (AvgIpc) is 3.31. The van der Waals surface area contributed by atoms with Crippen molar-refractivity contribution >= 4 is 23.2 Å². The molecule has 2 aliphatic heterocycles. The molecule has 2 aliphatic rings. The molecule has 170 valence electrons. The van der Waals surface area contributed by atoms with Gasteiger partial charge in [0.15, 0.2) is 0 Å². The molecule has 1 atom stereocenters. The highest BCUT2D eigenvalue weighted by atomic mass is 32.1. The molecule has 0 saturated carbocycles. The van der Waals surface area contributed by atoms with E-state index in [1.54, 1.807) is 18.4 Å². The van der Waals surface area contributed by atoms with Crippen molar-refractivity contribution in [3.8, 4) is 0 Å². The number of nitrogens with zero attached hydrogens (tertiary/aromatic N) is 2. The molecule has 30 heavy (non-hydrogen) atoms. The predicted octanol–water partition coefficient (Wildman–Crippen LogP) is 3.73. The molecule has 2 saturated heterocycles. The van der Waals surface area contributed by atoms with E-state index in [9.17, 15) is 18.0 Å². The van der Waals surface area contributed by atoms with Crippen molar-refractivity contribution in [3.63, 3.8) is 0 Å². The maximum atomic E-state index is 12.5. The lowest BCUT2D eigenvalue weighted by Gasteiger charge is -2.39. The van der Waals surface area contributed by atoms with Crippen molar-refractivity contribution in [2.24, 2.45) is 5.41 Å². The number of carboxylic acid groups (broad SMARTS) is 1. The molecule has 1 unspecified atom stereocenters. The Balaban J connectivity index is 0.000000396. The minimum atomic E-state index is -5.08. The van der Waals surface area contributed by atoms with Crippen LogP contribution in [0.15, 0.2) is 16.8 Å². The van der Waals surface area contributed by atoms with Gasteiger partial charge in [-0.2, -0.15) is 24.5 Å². The Bertz CT molecular complexity index is 701. The number of likely N-dealkylation sites (tertiary alicyclic amines) is 2. The second-order valence-corrected chi connectivity index (χ2v) is 8.97. The van der Waals surface area contributed by atoms with Gasteiger partial charge in [-0.1, -0.05) is 0 Å². The van der Waals surface area contributed by atoms with Gasteiger partial charge in [0.05, 0.1) is 12.2 Å². The van der Waals surface area contributed by atoms with Gasteiger partial charge in [-0.25, -0.2) is 4.79 Å². The van der Waals surface area contributed by atoms with E-state index < -0.39 is 12.1 Å². The Morgan fingerprint density at radius 1 is 1.33 bits per heavy atom. The Morgan fingerprint density at radius 3 is 2.37 bits per heavy atom. The number of hydrogen-bond acceptors (Lipinski definition) is 5. The summed E-state index contributed by atoms with van der Waals surface area (Å²) in [6, 6.07) is 3.02. The van der Waals surface area contributed by atoms with Gasteiger partial charge in [-0.05, 0) is 50.0 Å². The topological polar surface area (TPSA) is 70.1 Å². The molecule has 1 aromatic rings. The summed E-state index contributed by atoms with van der Waals surface area (Å²) < 4.78 is 37.2. The zero-order valence-corrected chi connectivity index (χ0v) is 18.3. The lowest BCUT2D eigenvalue weighted by molar-refractivity contribution is -0.192. The molecule has 3 rings (SSSR count). The normalized spacial score (nSPS) is 21.6. The maximum Gasteiger partial charge on any atom is 0.490 e. The van der Waals surface area contributed by atoms with Crippen LogP contribution in [0, 0.1) is 5.41 Å². The molecule has 1 aromatic heterocycles. The summed E-state index contributed by atoms with van der Waals surface area (Å²) in [7, 11) is 1.80. The van der Waals surface area contributed by atoms with Crippen molar-refractivity contribution in [2.45, 2.75) is 51.4 Å². The molecule has 0 radical (unpaired) electrons. The van der Waals surface area contributed by atoms with Gasteiger partial charge >= 0.3 is 12.1 Å². The number of piperidine rings is 1. The van der Waals surface area contributed by atoms with Crippen molar-refractivity contribution in [1.29, 1.82) is 0 Å². The molecule has 1 amide bonds. The average molecular weight is 451 g/mol. The largest absolute Gasteiger partial charge is 0.490 e. The lowest BCUT2D eigenvalue weighted by atomic mass is 9.76. The fourth-order valence-electron chi connectivity index (χ4n) is 4.26. The second-order valence-electron chi connectivity index (χ2n) is 8.19. The van der Waals surface area contributed by atoms with Crippen molar-refractivity contribution < 1.29 is 32.6 Å². The summed E-state index contributed by atoms with van der Waals surface area (Å²) in [6.45, 7) is 8.30. The van der Waals surface area contributed by atoms with Crippen molar-refractivity contribution in [1.82, 2.24) is 9.80 Å². The van der Waals surface area contributed by atoms with E-state index in [0.29, 0.717) is 17.5 Å². The molecular weight excluding hydrogens is 421 g/mol. The number of carbonyl (C=O) groups is 2. The number of hydrogen-bond donors (Lipinski definition) is 1. The standard InChI is InChI=1S/C18H28N2O2S.C2HF3O2/c1-14(2)20-13-18(10-16(20)11-22-3)5-7-19(8-6-18)17(21)15-4-9-23-12-15;3-2(4,5)1(6)7/h4,9,12,14,16H,5-8,10-11,13H2,1-3H3;(H,6,7). The number of carboxylic acids is 1. The van der Waals surface area contributed by atoms with Gasteiger partial charge in [-0.15, -0.1) is 0 Å². The summed E-state index contributed by atoms with van der Waals surface area (Å²) in [5.41, 5.74) is 1.22. The second kappa shape index (κ2) is 10.1. The monoisotopic (exact) mass is 450 g/mol. The first-order chi connectivity index (χ1) is 14.0. The van der Waals surface area contributed by atoms with E-state index >= 15 is 0 Å². The molecular formula is C20H29F3N2O4S. The number of ether oxygens (including phenoxy) is 1. The van der Waals surface area contributed by atoms with E-state index in [-0.39, 0.29) is 5.91 Å². The third-order valence-corrected chi connectivity index (χ3v) is 6.48. The number of halogens is 3. The number of thiophene rings is 1. The van der Waals surface area contributed by atoms with Crippen LogP contribution in [-0.2, 0) is 9.53 Å². The molecule has 2 fully saturated rings. The molecule has 3 heterocycles. The fourth-order valence-corrected chi connectivity index (χ4v) is 4.89. The number of rotatable bonds is 4. The van der Waals surface area contributed by atoms with Gasteiger partial charge in [0, 0.05) is 44.2 Å². The summed E-state index contributed by atoms with van der Waals surface area (Å²) in [4.78, 5) is 26.0. The Labute approximate surface area is 178 Å². The van der Waals surface area contributed by atoms with E-state index in [2.05, 4.69) is 18.7 Å². The third kappa shape index (κ3) is 6.18. The van der Waals surface area contributed by atoms with Gasteiger partial charge in [0.1, 0.15) is 0 Å². The smallest absolute Gasteiger partial charge is 0.475 e. The van der Waals surface area contributed by atoms with Crippen LogP contribution in [-0.4, -0.2) is 78.4 Å². The number of amides is 1. The third-order valence-electron chi connectivity index (χ3n) is 5.80. The van der Waals surface area contributed by atoms with Crippen LogP contribution in [0.3, 0.4) is 0 Å². The van der Waals surface area contributed by atoms with Crippen LogP contribution in [0.25, 0.3) is 0 Å². The zero-order chi connectivity index (χ0) is 22.5. The number of alkyl halides is 3. The van der Waals surface area contributed by atoms with Gasteiger partial charge in [-0.3, -0.25) is 9.69 Å². The first-order valence-electron chi connectivity index (χ1n) is 9.85. The minimum absolute atomic E-state index is 0.202. The SMILES string of the molecule is COCC1CC2(CCN(C(=O)c3ccsc3)CC2)CN1C(C)C.O=C(O)C(F)(F)F. The summed E-state index contributed by atoms with van der Waals surface area (Å²) in [5, 5.41) is 11.1. The molecule has 0 aliphatic carbocycles. The highest BCUT2D eigenvalue weighted by molar-refractivity contribution is 7.08. The molecule has 0 aromatic carbocycles. The van der Waals surface area contributed by atoms with Crippen LogP contribution in [0.1, 0.15) is 43.5 Å². The molecule has 1 N–H and O–H groups in total. The number of carbonyl (C=O) groups excluding carboxylic acids is 1. The van der Waals surface area contributed by atoms with Crippen molar-refractivity contribution in [2.75, 3.05) is 33.4 Å². The van der Waals surface area contributed by atoms with Gasteiger partial charge in [0.25, 0.3) is 5.91 Å². The Morgan fingerprint density at radius 2 is 1.93 bits per heavy atom. The molecule has 10 heteroatoms. The van der Waals surface area contributed by atoms with E-state index in [1.807, 2.05) is 21.7 Å². The van der Waals surface area contributed by atoms with Crippen molar-refractivity contribution in [3.05, 3.63) is 22.4 Å². The number of aliphatic carboxylic acids is 1. The van der Waals surface area contributed by atoms with Crippen LogP contribution >= 0.6 is 11.3 Å². The van der Waals surface area contributed by atoms with Crippen LogP contribution < -0.4 is 0 Å². The quantitative estimate of drug-likeness (QED) is 0.757. The molecule has 1 spiro atoms.